The number of anilines is 1. The van der Waals surface area contributed by atoms with E-state index in [2.05, 4.69) is 30.7 Å². The molecule has 25 heavy (non-hydrogen) atoms. The number of carbonyl (C=O) groups excluding carboxylic acids is 1. The molecule has 0 radical (unpaired) electrons. The van der Waals surface area contributed by atoms with E-state index in [-0.39, 0.29) is 12.3 Å². The normalized spacial score (nSPS) is 10.7. The molecule has 0 saturated heterocycles. The number of aromatic amines is 1. The van der Waals surface area contributed by atoms with Gasteiger partial charge in [-0.15, -0.1) is 0 Å². The van der Waals surface area contributed by atoms with Crippen molar-refractivity contribution < 1.29 is 9.18 Å². The Hall–Kier alpha value is -3.16. The van der Waals surface area contributed by atoms with E-state index < -0.39 is 5.95 Å². The molecular weight excluding hydrogens is 323 g/mol. The average molecular weight is 340 g/mol. The number of halogens is 1. The van der Waals surface area contributed by atoms with Crippen LogP contribution in [-0.4, -0.2) is 31.3 Å². The molecule has 0 aliphatic rings. The average Bonchev–Trinajstić information content (AvgIpc) is 2.95. The fourth-order valence-electron chi connectivity index (χ4n) is 2.43. The van der Waals surface area contributed by atoms with Gasteiger partial charge in [-0.25, -0.2) is 4.98 Å². The highest BCUT2D eigenvalue weighted by Gasteiger charge is 2.15. The molecule has 3 aromatic rings. The SMILES string of the molecule is Cc1cnncc1-c1[nH]nc(NC(=O)CCc2ccc(F)nc2)c1C. The van der Waals surface area contributed by atoms with E-state index in [1.165, 1.54) is 12.3 Å². The molecule has 0 atom stereocenters. The first-order chi connectivity index (χ1) is 12.0. The van der Waals surface area contributed by atoms with Crippen molar-refractivity contribution in [2.45, 2.75) is 26.7 Å². The summed E-state index contributed by atoms with van der Waals surface area (Å²) in [6, 6.07) is 2.90. The monoisotopic (exact) mass is 340 g/mol. The lowest BCUT2D eigenvalue weighted by Crippen LogP contribution is -2.13. The number of hydrogen-bond donors (Lipinski definition) is 2. The summed E-state index contributed by atoms with van der Waals surface area (Å²) in [7, 11) is 0. The Labute approximate surface area is 143 Å². The van der Waals surface area contributed by atoms with Gasteiger partial charge in [-0.1, -0.05) is 6.07 Å². The highest BCUT2D eigenvalue weighted by molar-refractivity contribution is 5.91. The Bertz CT molecular complexity index is 890. The van der Waals surface area contributed by atoms with Crippen molar-refractivity contribution in [2.24, 2.45) is 0 Å². The van der Waals surface area contributed by atoms with Crippen LogP contribution in [0.3, 0.4) is 0 Å². The summed E-state index contributed by atoms with van der Waals surface area (Å²) in [5.74, 6) is -0.225. The maximum atomic E-state index is 12.8. The molecule has 0 spiro atoms. The minimum absolute atomic E-state index is 0.171. The zero-order chi connectivity index (χ0) is 17.8. The number of rotatable bonds is 5. The van der Waals surface area contributed by atoms with Crippen LogP contribution in [-0.2, 0) is 11.2 Å². The third-order valence-electron chi connectivity index (χ3n) is 3.90. The van der Waals surface area contributed by atoms with Crippen LogP contribution < -0.4 is 5.32 Å². The molecule has 2 N–H and O–H groups in total. The Kier molecular flexibility index (Phi) is 4.78. The second-order valence-corrected chi connectivity index (χ2v) is 5.70. The molecule has 3 heterocycles. The van der Waals surface area contributed by atoms with Crippen LogP contribution in [0.5, 0.6) is 0 Å². The predicted molar refractivity (Wildman–Crippen MR) is 90.2 cm³/mol. The molecule has 3 aromatic heterocycles. The predicted octanol–water partition coefficient (Wildman–Crippen LogP) is 2.59. The summed E-state index contributed by atoms with van der Waals surface area (Å²) in [4.78, 5) is 15.7. The zero-order valence-electron chi connectivity index (χ0n) is 13.9. The van der Waals surface area contributed by atoms with E-state index in [0.717, 1.165) is 27.9 Å². The van der Waals surface area contributed by atoms with Crippen molar-refractivity contribution in [3.63, 3.8) is 0 Å². The van der Waals surface area contributed by atoms with Crippen molar-refractivity contribution in [1.29, 1.82) is 0 Å². The third kappa shape index (κ3) is 3.85. The number of pyridine rings is 1. The molecule has 3 rings (SSSR count). The van der Waals surface area contributed by atoms with Gasteiger partial charge in [0.2, 0.25) is 11.9 Å². The van der Waals surface area contributed by atoms with Crippen LogP contribution in [0, 0.1) is 19.8 Å². The quantitative estimate of drug-likeness (QED) is 0.696. The molecule has 0 aromatic carbocycles. The summed E-state index contributed by atoms with van der Waals surface area (Å²) in [5, 5.41) is 17.6. The molecule has 128 valence electrons. The fraction of sp³-hybridized carbons (Fsp3) is 0.235. The highest BCUT2D eigenvalue weighted by Crippen LogP contribution is 2.27. The first kappa shape index (κ1) is 16.7. The van der Waals surface area contributed by atoms with Crippen molar-refractivity contribution in [3.8, 4) is 11.3 Å². The molecule has 0 fully saturated rings. The van der Waals surface area contributed by atoms with Gasteiger partial charge >= 0.3 is 0 Å². The smallest absolute Gasteiger partial charge is 0.225 e. The van der Waals surface area contributed by atoms with Crippen LogP contribution >= 0.6 is 0 Å². The van der Waals surface area contributed by atoms with E-state index in [4.69, 9.17) is 0 Å². The number of nitrogens with one attached hydrogen (secondary N) is 2. The van der Waals surface area contributed by atoms with E-state index >= 15 is 0 Å². The van der Waals surface area contributed by atoms with Gasteiger partial charge in [-0.05, 0) is 37.5 Å². The van der Waals surface area contributed by atoms with E-state index in [1.54, 1.807) is 18.5 Å². The van der Waals surface area contributed by atoms with Crippen molar-refractivity contribution in [2.75, 3.05) is 5.32 Å². The van der Waals surface area contributed by atoms with E-state index in [0.29, 0.717) is 12.2 Å². The van der Waals surface area contributed by atoms with Gasteiger partial charge in [0.15, 0.2) is 5.82 Å². The fourth-order valence-corrected chi connectivity index (χ4v) is 2.43. The summed E-state index contributed by atoms with van der Waals surface area (Å²) in [6.07, 6.45) is 5.49. The van der Waals surface area contributed by atoms with Crippen LogP contribution in [0.2, 0.25) is 0 Å². The number of amides is 1. The van der Waals surface area contributed by atoms with Gasteiger partial charge < -0.3 is 5.32 Å². The van der Waals surface area contributed by atoms with Crippen molar-refractivity contribution >= 4 is 11.7 Å². The largest absolute Gasteiger partial charge is 0.309 e. The number of H-pyrrole nitrogens is 1. The number of aryl methyl sites for hydroxylation is 2. The summed E-state index contributed by atoms with van der Waals surface area (Å²) in [6.45, 7) is 3.80. The van der Waals surface area contributed by atoms with Crippen LogP contribution in [0.1, 0.15) is 23.1 Å². The number of nitrogens with zero attached hydrogens (tertiary/aromatic N) is 4. The molecule has 7 nitrogen and oxygen atoms in total. The van der Waals surface area contributed by atoms with E-state index in [9.17, 15) is 9.18 Å². The van der Waals surface area contributed by atoms with Crippen LogP contribution in [0.25, 0.3) is 11.3 Å². The van der Waals surface area contributed by atoms with E-state index in [1.807, 2.05) is 13.8 Å². The summed E-state index contributed by atoms with van der Waals surface area (Å²) < 4.78 is 12.8. The number of hydrogen-bond acceptors (Lipinski definition) is 5. The molecule has 8 heteroatoms. The molecule has 0 saturated carbocycles. The van der Waals surface area contributed by atoms with Crippen LogP contribution in [0.15, 0.2) is 30.7 Å². The molecule has 0 unspecified atom stereocenters. The minimum atomic E-state index is -0.534. The lowest BCUT2D eigenvalue weighted by Gasteiger charge is -2.05. The maximum Gasteiger partial charge on any atom is 0.225 e. The van der Waals surface area contributed by atoms with Gasteiger partial charge in [0.25, 0.3) is 0 Å². The Morgan fingerprint density at radius 3 is 2.72 bits per heavy atom. The second-order valence-electron chi connectivity index (χ2n) is 5.70. The van der Waals surface area contributed by atoms with Gasteiger partial charge in [0.05, 0.1) is 18.1 Å². The van der Waals surface area contributed by atoms with Gasteiger partial charge in [0.1, 0.15) is 0 Å². The first-order valence-electron chi connectivity index (χ1n) is 7.77. The number of carbonyl (C=O) groups is 1. The maximum absolute atomic E-state index is 12.8. The summed E-state index contributed by atoms with van der Waals surface area (Å²) in [5.41, 5.74) is 4.27. The Morgan fingerprint density at radius 1 is 1.20 bits per heavy atom. The Morgan fingerprint density at radius 2 is 2.00 bits per heavy atom. The molecule has 1 amide bonds. The second kappa shape index (κ2) is 7.16. The van der Waals surface area contributed by atoms with Gasteiger partial charge in [-0.2, -0.15) is 19.7 Å². The standard InChI is InChI=1S/C17H17FN6O/c1-10-7-20-21-9-13(10)16-11(2)17(24-23-16)22-15(25)6-4-12-3-5-14(18)19-8-12/h3,5,7-9H,4,6H2,1-2H3,(H2,22,23,24,25). The minimum Gasteiger partial charge on any atom is -0.309 e. The zero-order valence-corrected chi connectivity index (χ0v) is 13.9. The lowest BCUT2D eigenvalue weighted by atomic mass is 10.1. The van der Waals surface area contributed by atoms with Gasteiger partial charge in [0, 0.05) is 23.7 Å². The third-order valence-corrected chi connectivity index (χ3v) is 3.90. The molecule has 0 aliphatic carbocycles. The highest BCUT2D eigenvalue weighted by atomic mass is 19.1. The van der Waals surface area contributed by atoms with Crippen molar-refractivity contribution in [1.82, 2.24) is 25.4 Å². The van der Waals surface area contributed by atoms with Crippen molar-refractivity contribution in [3.05, 3.63) is 53.4 Å². The first-order valence-corrected chi connectivity index (χ1v) is 7.77. The summed E-state index contributed by atoms with van der Waals surface area (Å²) >= 11 is 0. The van der Waals surface area contributed by atoms with Gasteiger partial charge in [-0.3, -0.25) is 9.89 Å². The lowest BCUT2D eigenvalue weighted by molar-refractivity contribution is -0.116. The molecule has 0 bridgehead atoms. The Balaban J connectivity index is 1.66. The topological polar surface area (TPSA) is 96.5 Å². The molecule has 0 aliphatic heterocycles. The molecular formula is C17H17FN6O. The van der Waals surface area contributed by atoms with Crippen LogP contribution in [0.4, 0.5) is 10.2 Å². The number of aromatic nitrogens is 5.